The van der Waals surface area contributed by atoms with Gasteiger partial charge in [0.2, 0.25) is 5.89 Å². The second kappa shape index (κ2) is 8.41. The molecule has 21 heavy (non-hydrogen) atoms. The standard InChI is InChI=1S/C15H20ClN3OS/c1-3-6-11(17-2)9-15-18-14(19-20-15)10-21-13-8-5-4-7-12(13)16/h4-5,7-8,11,17H,3,6,9-10H2,1-2H3. The maximum absolute atomic E-state index is 6.12. The van der Waals surface area contributed by atoms with Gasteiger partial charge in [-0.05, 0) is 25.6 Å². The zero-order valence-electron chi connectivity index (χ0n) is 12.3. The molecule has 0 amide bonds. The fourth-order valence-corrected chi connectivity index (χ4v) is 3.13. The maximum Gasteiger partial charge on any atom is 0.228 e. The number of nitrogens with zero attached hydrogens (tertiary/aromatic N) is 2. The number of rotatable bonds is 8. The monoisotopic (exact) mass is 325 g/mol. The van der Waals surface area contributed by atoms with Gasteiger partial charge in [0.1, 0.15) is 0 Å². The average molecular weight is 326 g/mol. The molecule has 1 heterocycles. The van der Waals surface area contributed by atoms with Gasteiger partial charge in [0.15, 0.2) is 5.82 Å². The highest BCUT2D eigenvalue weighted by Gasteiger charge is 2.13. The van der Waals surface area contributed by atoms with Crippen molar-refractivity contribution < 1.29 is 4.52 Å². The number of benzene rings is 1. The van der Waals surface area contributed by atoms with E-state index in [4.69, 9.17) is 16.1 Å². The summed E-state index contributed by atoms with van der Waals surface area (Å²) >= 11 is 7.74. The first-order valence-electron chi connectivity index (χ1n) is 7.09. The molecule has 6 heteroatoms. The molecule has 0 aliphatic heterocycles. The summed E-state index contributed by atoms with van der Waals surface area (Å²) in [5.74, 6) is 2.06. The van der Waals surface area contributed by atoms with Crippen LogP contribution in [0, 0.1) is 0 Å². The Kier molecular flexibility index (Phi) is 6.54. The first-order valence-corrected chi connectivity index (χ1v) is 8.45. The quantitative estimate of drug-likeness (QED) is 0.745. The van der Waals surface area contributed by atoms with Gasteiger partial charge >= 0.3 is 0 Å². The molecular weight excluding hydrogens is 306 g/mol. The summed E-state index contributed by atoms with van der Waals surface area (Å²) in [6.45, 7) is 2.17. The summed E-state index contributed by atoms with van der Waals surface area (Å²) in [4.78, 5) is 5.48. The smallest absolute Gasteiger partial charge is 0.228 e. The second-order valence-electron chi connectivity index (χ2n) is 4.80. The molecule has 0 aliphatic carbocycles. The largest absolute Gasteiger partial charge is 0.339 e. The van der Waals surface area contributed by atoms with Crippen LogP contribution in [0.5, 0.6) is 0 Å². The normalized spacial score (nSPS) is 12.5. The van der Waals surface area contributed by atoms with Crippen LogP contribution in [0.3, 0.4) is 0 Å². The predicted molar refractivity (Wildman–Crippen MR) is 86.8 cm³/mol. The summed E-state index contributed by atoms with van der Waals surface area (Å²) in [6.07, 6.45) is 3.01. The van der Waals surface area contributed by atoms with Crippen LogP contribution >= 0.6 is 23.4 Å². The third kappa shape index (κ3) is 5.02. The summed E-state index contributed by atoms with van der Waals surface area (Å²) in [6, 6.07) is 8.15. The number of likely N-dealkylation sites (N-methyl/N-ethyl adjacent to an activating group) is 1. The molecule has 0 saturated heterocycles. The Bertz CT molecular complexity index is 561. The van der Waals surface area contributed by atoms with Gasteiger partial charge in [0.05, 0.1) is 10.8 Å². The van der Waals surface area contributed by atoms with Gasteiger partial charge in [-0.25, -0.2) is 0 Å². The van der Waals surface area contributed by atoms with Crippen LogP contribution in [-0.2, 0) is 12.2 Å². The molecule has 2 aromatic rings. The third-order valence-corrected chi connectivity index (χ3v) is 4.68. The molecule has 4 nitrogen and oxygen atoms in total. The van der Waals surface area contributed by atoms with Crippen LogP contribution in [-0.4, -0.2) is 23.2 Å². The molecule has 1 aromatic heterocycles. The second-order valence-corrected chi connectivity index (χ2v) is 6.23. The lowest BCUT2D eigenvalue weighted by Gasteiger charge is -2.11. The van der Waals surface area contributed by atoms with Crippen LogP contribution in [0.1, 0.15) is 31.5 Å². The fraction of sp³-hybridized carbons (Fsp3) is 0.467. The first kappa shape index (κ1) is 16.3. The van der Waals surface area contributed by atoms with Crippen LogP contribution in [0.15, 0.2) is 33.7 Å². The summed E-state index contributed by atoms with van der Waals surface area (Å²) in [5, 5.41) is 8.06. The van der Waals surface area contributed by atoms with Crippen molar-refractivity contribution in [2.24, 2.45) is 0 Å². The van der Waals surface area contributed by atoms with Crippen molar-refractivity contribution in [1.29, 1.82) is 0 Å². The number of thioether (sulfide) groups is 1. The highest BCUT2D eigenvalue weighted by atomic mass is 35.5. The van der Waals surface area contributed by atoms with E-state index in [2.05, 4.69) is 22.4 Å². The Balaban J connectivity index is 1.90. The summed E-state index contributed by atoms with van der Waals surface area (Å²) in [5.41, 5.74) is 0. The minimum atomic E-state index is 0.388. The molecular formula is C15H20ClN3OS. The van der Waals surface area contributed by atoms with E-state index in [1.165, 1.54) is 0 Å². The van der Waals surface area contributed by atoms with E-state index in [0.29, 0.717) is 23.5 Å². The van der Waals surface area contributed by atoms with E-state index < -0.39 is 0 Å². The minimum absolute atomic E-state index is 0.388. The maximum atomic E-state index is 6.12. The van der Waals surface area contributed by atoms with Crippen molar-refractivity contribution >= 4 is 23.4 Å². The summed E-state index contributed by atoms with van der Waals surface area (Å²) in [7, 11) is 1.96. The van der Waals surface area contributed by atoms with E-state index in [0.717, 1.165) is 29.2 Å². The zero-order valence-corrected chi connectivity index (χ0v) is 13.9. The van der Waals surface area contributed by atoms with Gasteiger partial charge in [-0.15, -0.1) is 11.8 Å². The van der Waals surface area contributed by atoms with Crippen LogP contribution < -0.4 is 5.32 Å². The molecule has 1 aromatic carbocycles. The number of hydrogen-bond acceptors (Lipinski definition) is 5. The topological polar surface area (TPSA) is 51.0 Å². The Hall–Kier alpha value is -1.04. The summed E-state index contributed by atoms with van der Waals surface area (Å²) < 4.78 is 5.31. The highest BCUT2D eigenvalue weighted by molar-refractivity contribution is 7.98. The average Bonchev–Trinajstić information content (AvgIpc) is 2.93. The zero-order chi connectivity index (χ0) is 15.1. The molecule has 0 spiro atoms. The van der Waals surface area contributed by atoms with Crippen molar-refractivity contribution in [2.75, 3.05) is 7.05 Å². The van der Waals surface area contributed by atoms with Crippen LogP contribution in [0.4, 0.5) is 0 Å². The SMILES string of the molecule is CCCC(Cc1nc(CSc2ccccc2Cl)no1)NC. The van der Waals surface area contributed by atoms with E-state index in [1.54, 1.807) is 11.8 Å². The van der Waals surface area contributed by atoms with Gasteiger partial charge in [0.25, 0.3) is 0 Å². The van der Waals surface area contributed by atoms with E-state index in [-0.39, 0.29) is 0 Å². The van der Waals surface area contributed by atoms with Gasteiger partial charge in [-0.1, -0.05) is 42.2 Å². The van der Waals surface area contributed by atoms with Crippen molar-refractivity contribution in [1.82, 2.24) is 15.5 Å². The molecule has 0 bridgehead atoms. The fourth-order valence-electron chi connectivity index (χ4n) is 2.04. The van der Waals surface area contributed by atoms with Crippen LogP contribution in [0.25, 0.3) is 0 Å². The van der Waals surface area contributed by atoms with Gasteiger partial charge < -0.3 is 9.84 Å². The van der Waals surface area contributed by atoms with Crippen molar-refractivity contribution in [3.8, 4) is 0 Å². The third-order valence-electron chi connectivity index (χ3n) is 3.17. The molecule has 0 fully saturated rings. The number of halogens is 1. The lowest BCUT2D eigenvalue weighted by Crippen LogP contribution is -2.27. The molecule has 1 N–H and O–H groups in total. The Morgan fingerprint density at radius 2 is 2.19 bits per heavy atom. The molecule has 0 aliphatic rings. The molecule has 1 atom stereocenters. The minimum Gasteiger partial charge on any atom is -0.339 e. The predicted octanol–water partition coefficient (Wildman–Crippen LogP) is 3.95. The van der Waals surface area contributed by atoms with E-state index >= 15 is 0 Å². The molecule has 1 unspecified atom stereocenters. The van der Waals surface area contributed by atoms with Gasteiger partial charge in [-0.3, -0.25) is 0 Å². The van der Waals surface area contributed by atoms with Gasteiger partial charge in [-0.2, -0.15) is 4.98 Å². The lowest BCUT2D eigenvalue weighted by molar-refractivity contribution is 0.353. The number of aromatic nitrogens is 2. The van der Waals surface area contributed by atoms with Gasteiger partial charge in [0, 0.05) is 17.4 Å². The van der Waals surface area contributed by atoms with E-state index in [1.807, 2.05) is 31.3 Å². The highest BCUT2D eigenvalue weighted by Crippen LogP contribution is 2.28. The first-order chi connectivity index (χ1) is 10.2. The Labute approximate surface area is 134 Å². The van der Waals surface area contributed by atoms with E-state index in [9.17, 15) is 0 Å². The number of hydrogen-bond donors (Lipinski definition) is 1. The molecule has 0 saturated carbocycles. The van der Waals surface area contributed by atoms with Crippen molar-refractivity contribution in [3.05, 3.63) is 41.0 Å². The lowest BCUT2D eigenvalue weighted by atomic mass is 10.1. The van der Waals surface area contributed by atoms with Crippen molar-refractivity contribution in [2.45, 2.75) is 42.9 Å². The molecule has 0 radical (unpaired) electrons. The molecule has 2 rings (SSSR count). The number of nitrogens with one attached hydrogen (secondary N) is 1. The molecule has 114 valence electrons. The Morgan fingerprint density at radius 1 is 1.38 bits per heavy atom. The van der Waals surface area contributed by atoms with Crippen LogP contribution in [0.2, 0.25) is 5.02 Å². The van der Waals surface area contributed by atoms with Crippen molar-refractivity contribution in [3.63, 3.8) is 0 Å². The Morgan fingerprint density at radius 3 is 2.90 bits per heavy atom.